The van der Waals surface area contributed by atoms with Crippen LogP contribution in [0.3, 0.4) is 0 Å². The molecular formula is C16H12N2O. The van der Waals surface area contributed by atoms with Gasteiger partial charge in [0.1, 0.15) is 5.69 Å². The quantitative estimate of drug-likeness (QED) is 0.654. The number of aryl methyl sites for hydroxylation is 1. The first-order valence-electron chi connectivity index (χ1n) is 6.06. The van der Waals surface area contributed by atoms with Crippen molar-refractivity contribution >= 4 is 16.6 Å². The van der Waals surface area contributed by atoms with Crippen LogP contribution in [0.25, 0.3) is 10.8 Å². The Kier molecular flexibility index (Phi) is 2.80. The van der Waals surface area contributed by atoms with Gasteiger partial charge in [-0.3, -0.25) is 14.8 Å². The second-order valence-corrected chi connectivity index (χ2v) is 4.45. The summed E-state index contributed by atoms with van der Waals surface area (Å²) in [6.45, 7) is 1.95. The summed E-state index contributed by atoms with van der Waals surface area (Å²) in [6, 6.07) is 11.2. The number of hydrogen-bond donors (Lipinski definition) is 0. The van der Waals surface area contributed by atoms with E-state index in [1.54, 1.807) is 18.6 Å². The fourth-order valence-corrected chi connectivity index (χ4v) is 2.12. The van der Waals surface area contributed by atoms with Crippen molar-refractivity contribution in [3.05, 3.63) is 71.8 Å². The molecule has 3 nitrogen and oxygen atoms in total. The highest BCUT2D eigenvalue weighted by Crippen LogP contribution is 2.20. The second-order valence-electron chi connectivity index (χ2n) is 4.45. The highest BCUT2D eigenvalue weighted by atomic mass is 16.1. The van der Waals surface area contributed by atoms with Crippen LogP contribution in [-0.2, 0) is 0 Å². The Morgan fingerprint density at radius 1 is 1.11 bits per heavy atom. The summed E-state index contributed by atoms with van der Waals surface area (Å²) in [6.07, 6.45) is 5.12. The third-order valence-corrected chi connectivity index (χ3v) is 3.07. The van der Waals surface area contributed by atoms with Crippen LogP contribution in [0, 0.1) is 6.92 Å². The lowest BCUT2D eigenvalue weighted by Gasteiger charge is -2.05. The van der Waals surface area contributed by atoms with Crippen molar-refractivity contribution in [3.63, 3.8) is 0 Å². The monoisotopic (exact) mass is 248 g/mol. The first-order chi connectivity index (χ1) is 9.25. The number of nitrogens with zero attached hydrogens (tertiary/aromatic N) is 2. The van der Waals surface area contributed by atoms with Gasteiger partial charge in [-0.1, -0.05) is 18.2 Å². The van der Waals surface area contributed by atoms with E-state index >= 15 is 0 Å². The molecule has 0 aliphatic carbocycles. The first kappa shape index (κ1) is 11.5. The van der Waals surface area contributed by atoms with E-state index < -0.39 is 0 Å². The normalized spacial score (nSPS) is 10.6. The Morgan fingerprint density at radius 3 is 2.84 bits per heavy atom. The smallest absolute Gasteiger partial charge is 0.211 e. The lowest BCUT2D eigenvalue weighted by Crippen LogP contribution is -2.05. The fourth-order valence-electron chi connectivity index (χ4n) is 2.12. The van der Waals surface area contributed by atoms with E-state index in [-0.39, 0.29) is 5.78 Å². The average Bonchev–Trinajstić information content (AvgIpc) is 2.46. The zero-order valence-corrected chi connectivity index (χ0v) is 10.5. The molecule has 0 saturated carbocycles. The number of benzene rings is 1. The zero-order chi connectivity index (χ0) is 13.2. The standard InChI is InChI=1S/C16H12N2O/c1-11-5-8-18-15(9-11)16(19)14-4-2-3-12-10-17-7-6-13(12)14/h2-10H,1H3. The van der Waals surface area contributed by atoms with Crippen molar-refractivity contribution in [2.75, 3.05) is 0 Å². The molecule has 2 aromatic heterocycles. The lowest BCUT2D eigenvalue weighted by molar-refractivity contribution is 0.103. The zero-order valence-electron chi connectivity index (χ0n) is 10.5. The lowest BCUT2D eigenvalue weighted by atomic mass is 10.0. The molecule has 0 aliphatic rings. The molecule has 0 aliphatic heterocycles. The van der Waals surface area contributed by atoms with Gasteiger partial charge in [0, 0.05) is 29.5 Å². The van der Waals surface area contributed by atoms with E-state index in [0.29, 0.717) is 11.3 Å². The Balaban J connectivity index is 2.17. The van der Waals surface area contributed by atoms with Gasteiger partial charge >= 0.3 is 0 Å². The van der Waals surface area contributed by atoms with Crippen LogP contribution in [0.2, 0.25) is 0 Å². The predicted octanol–water partition coefficient (Wildman–Crippen LogP) is 3.17. The molecule has 2 heterocycles. The topological polar surface area (TPSA) is 42.9 Å². The van der Waals surface area contributed by atoms with E-state index in [9.17, 15) is 4.79 Å². The minimum Gasteiger partial charge on any atom is -0.287 e. The van der Waals surface area contributed by atoms with Crippen LogP contribution in [0.15, 0.2) is 55.0 Å². The summed E-state index contributed by atoms with van der Waals surface area (Å²) in [4.78, 5) is 20.8. The molecule has 0 saturated heterocycles. The van der Waals surface area contributed by atoms with Gasteiger partial charge in [0.15, 0.2) is 0 Å². The predicted molar refractivity (Wildman–Crippen MR) is 74.1 cm³/mol. The SMILES string of the molecule is Cc1ccnc(C(=O)c2cccc3cnccc23)c1. The van der Waals surface area contributed by atoms with E-state index in [1.807, 2.05) is 43.3 Å². The molecule has 0 fully saturated rings. The maximum absolute atomic E-state index is 12.5. The highest BCUT2D eigenvalue weighted by molar-refractivity contribution is 6.15. The number of rotatable bonds is 2. The van der Waals surface area contributed by atoms with Crippen LogP contribution in [0.5, 0.6) is 0 Å². The van der Waals surface area contributed by atoms with Gasteiger partial charge in [-0.2, -0.15) is 0 Å². The molecule has 1 aromatic carbocycles. The molecule has 3 heteroatoms. The maximum Gasteiger partial charge on any atom is 0.211 e. The fraction of sp³-hybridized carbons (Fsp3) is 0.0625. The van der Waals surface area contributed by atoms with Crippen molar-refractivity contribution in [1.29, 1.82) is 0 Å². The maximum atomic E-state index is 12.5. The summed E-state index contributed by atoms with van der Waals surface area (Å²) >= 11 is 0. The molecule has 0 unspecified atom stereocenters. The Morgan fingerprint density at radius 2 is 2.00 bits per heavy atom. The third-order valence-electron chi connectivity index (χ3n) is 3.07. The molecular weight excluding hydrogens is 236 g/mol. The van der Waals surface area contributed by atoms with E-state index in [4.69, 9.17) is 0 Å². The summed E-state index contributed by atoms with van der Waals surface area (Å²) in [5.74, 6) is -0.0551. The molecule has 0 bridgehead atoms. The Labute approximate surface area is 111 Å². The van der Waals surface area contributed by atoms with Gasteiger partial charge in [0.05, 0.1) is 0 Å². The van der Waals surface area contributed by atoms with E-state index in [1.165, 1.54) is 0 Å². The van der Waals surface area contributed by atoms with Crippen molar-refractivity contribution in [3.8, 4) is 0 Å². The summed E-state index contributed by atoms with van der Waals surface area (Å²) in [5, 5.41) is 1.87. The van der Waals surface area contributed by atoms with E-state index in [2.05, 4.69) is 9.97 Å². The van der Waals surface area contributed by atoms with Crippen LogP contribution in [0.4, 0.5) is 0 Å². The van der Waals surface area contributed by atoms with Gasteiger partial charge in [-0.15, -0.1) is 0 Å². The van der Waals surface area contributed by atoms with Crippen molar-refractivity contribution in [2.24, 2.45) is 0 Å². The van der Waals surface area contributed by atoms with Gasteiger partial charge in [-0.05, 0) is 36.1 Å². The van der Waals surface area contributed by atoms with Crippen molar-refractivity contribution < 1.29 is 4.79 Å². The Hall–Kier alpha value is -2.55. The summed E-state index contributed by atoms with van der Waals surface area (Å²) in [7, 11) is 0. The largest absolute Gasteiger partial charge is 0.287 e. The van der Waals surface area contributed by atoms with Crippen LogP contribution in [0.1, 0.15) is 21.6 Å². The molecule has 0 atom stereocenters. The first-order valence-corrected chi connectivity index (χ1v) is 6.06. The van der Waals surface area contributed by atoms with Gasteiger partial charge in [0.25, 0.3) is 0 Å². The molecule has 3 aromatic rings. The molecule has 19 heavy (non-hydrogen) atoms. The van der Waals surface area contributed by atoms with Crippen molar-refractivity contribution in [2.45, 2.75) is 6.92 Å². The van der Waals surface area contributed by atoms with Crippen LogP contribution in [-0.4, -0.2) is 15.8 Å². The Bertz CT molecular complexity index is 760. The van der Waals surface area contributed by atoms with Gasteiger partial charge in [0.2, 0.25) is 5.78 Å². The number of ketones is 1. The summed E-state index contributed by atoms with van der Waals surface area (Å²) in [5.41, 5.74) is 2.17. The number of hydrogen-bond acceptors (Lipinski definition) is 3. The molecule has 0 amide bonds. The van der Waals surface area contributed by atoms with Crippen LogP contribution >= 0.6 is 0 Å². The molecule has 92 valence electrons. The van der Waals surface area contributed by atoms with Crippen LogP contribution < -0.4 is 0 Å². The molecule has 0 radical (unpaired) electrons. The number of carbonyl (C=O) groups excluding carboxylic acids is 1. The number of pyridine rings is 2. The van der Waals surface area contributed by atoms with Gasteiger partial charge in [-0.25, -0.2) is 0 Å². The second kappa shape index (κ2) is 4.61. The third kappa shape index (κ3) is 2.10. The highest BCUT2D eigenvalue weighted by Gasteiger charge is 2.13. The average molecular weight is 248 g/mol. The minimum absolute atomic E-state index is 0.0551. The number of aromatic nitrogens is 2. The molecule has 3 rings (SSSR count). The molecule has 0 spiro atoms. The number of fused-ring (bicyclic) bond motifs is 1. The van der Waals surface area contributed by atoms with Gasteiger partial charge < -0.3 is 0 Å². The molecule has 0 N–H and O–H groups in total. The summed E-state index contributed by atoms with van der Waals surface area (Å²) < 4.78 is 0. The van der Waals surface area contributed by atoms with Crippen molar-refractivity contribution in [1.82, 2.24) is 9.97 Å². The van der Waals surface area contributed by atoms with E-state index in [0.717, 1.165) is 16.3 Å². The number of carbonyl (C=O) groups is 1. The minimum atomic E-state index is -0.0551.